The molecule has 17 heavy (non-hydrogen) atoms. The van der Waals surface area contributed by atoms with Gasteiger partial charge in [-0.2, -0.15) is 0 Å². The van der Waals surface area contributed by atoms with Crippen molar-refractivity contribution in [2.24, 2.45) is 0 Å². The molecule has 4 nitrogen and oxygen atoms in total. The van der Waals surface area contributed by atoms with Gasteiger partial charge < -0.3 is 5.11 Å². The van der Waals surface area contributed by atoms with Gasteiger partial charge in [-0.15, -0.1) is 0 Å². The molecule has 0 spiro atoms. The maximum atomic E-state index is 11.3. The molecule has 1 aromatic rings. The molecule has 0 radical (unpaired) electrons. The van der Waals surface area contributed by atoms with E-state index < -0.39 is 10.0 Å². The fraction of sp³-hybridized carbons (Fsp3) is 0.500. The summed E-state index contributed by atoms with van der Waals surface area (Å²) in [6, 6.07) is 1.65. The van der Waals surface area contributed by atoms with Crippen LogP contribution in [-0.2, 0) is 16.4 Å². The summed E-state index contributed by atoms with van der Waals surface area (Å²) in [7, 11) is -3.25. The Bertz CT molecular complexity index is 564. The number of benzene rings is 1. The molecular formula is C12H17NO3S. The smallest absolute Gasteiger partial charge is 0.209 e. The molecule has 1 atom stereocenters. The van der Waals surface area contributed by atoms with Crippen LogP contribution >= 0.6 is 0 Å². The summed E-state index contributed by atoms with van der Waals surface area (Å²) < 4.78 is 25.2. The Labute approximate surface area is 102 Å². The third-order valence-electron chi connectivity index (χ3n) is 3.25. The van der Waals surface area contributed by atoms with Gasteiger partial charge >= 0.3 is 0 Å². The van der Waals surface area contributed by atoms with E-state index >= 15 is 0 Å². The van der Waals surface area contributed by atoms with Gasteiger partial charge in [0, 0.05) is 5.56 Å². The standard InChI is InChI=1S/C12H17NO3S/c1-7-6-8(2)12(14)11-9(7)4-5-10(11)13-17(3,15)16/h6,10,13-14H,4-5H2,1-3H3. The molecule has 2 rings (SSSR count). The highest BCUT2D eigenvalue weighted by Crippen LogP contribution is 2.41. The van der Waals surface area contributed by atoms with Crippen LogP contribution in [0.5, 0.6) is 5.75 Å². The number of phenolic OH excluding ortho intramolecular Hbond substituents is 1. The summed E-state index contributed by atoms with van der Waals surface area (Å²) in [6.07, 6.45) is 2.66. The number of phenols is 1. The van der Waals surface area contributed by atoms with Crippen LogP contribution in [0.2, 0.25) is 0 Å². The first-order valence-electron chi connectivity index (χ1n) is 5.59. The molecule has 1 unspecified atom stereocenters. The monoisotopic (exact) mass is 255 g/mol. The summed E-state index contributed by atoms with van der Waals surface area (Å²) in [6.45, 7) is 3.83. The van der Waals surface area contributed by atoms with E-state index in [1.165, 1.54) is 0 Å². The Morgan fingerprint density at radius 2 is 2.00 bits per heavy atom. The maximum absolute atomic E-state index is 11.3. The summed E-state index contributed by atoms with van der Waals surface area (Å²) in [5.74, 6) is 0.226. The topological polar surface area (TPSA) is 66.4 Å². The van der Waals surface area contributed by atoms with E-state index in [1.54, 1.807) is 0 Å². The minimum absolute atomic E-state index is 0.226. The minimum Gasteiger partial charge on any atom is -0.507 e. The molecular weight excluding hydrogens is 238 g/mol. The number of sulfonamides is 1. The summed E-state index contributed by atoms with van der Waals surface area (Å²) >= 11 is 0. The van der Waals surface area contributed by atoms with Crippen molar-refractivity contribution in [2.45, 2.75) is 32.7 Å². The van der Waals surface area contributed by atoms with Gasteiger partial charge in [0.25, 0.3) is 0 Å². The van der Waals surface area contributed by atoms with Crippen molar-refractivity contribution in [1.29, 1.82) is 0 Å². The first-order valence-corrected chi connectivity index (χ1v) is 7.48. The molecule has 0 aliphatic heterocycles. The lowest BCUT2D eigenvalue weighted by Crippen LogP contribution is -2.26. The predicted molar refractivity (Wildman–Crippen MR) is 66.6 cm³/mol. The average molecular weight is 255 g/mol. The highest BCUT2D eigenvalue weighted by molar-refractivity contribution is 7.88. The Balaban J connectivity index is 2.50. The molecule has 0 amide bonds. The Morgan fingerprint density at radius 3 is 2.59 bits per heavy atom. The molecule has 5 heteroatoms. The number of fused-ring (bicyclic) bond motifs is 1. The van der Waals surface area contributed by atoms with E-state index in [2.05, 4.69) is 4.72 Å². The van der Waals surface area contributed by atoms with E-state index in [0.717, 1.165) is 34.9 Å². The second kappa shape index (κ2) is 3.99. The van der Waals surface area contributed by atoms with Gasteiger partial charge in [0.05, 0.1) is 12.3 Å². The van der Waals surface area contributed by atoms with Gasteiger partial charge in [-0.25, -0.2) is 13.1 Å². The molecule has 0 saturated carbocycles. The van der Waals surface area contributed by atoms with Gasteiger partial charge in [0.15, 0.2) is 0 Å². The van der Waals surface area contributed by atoms with Crippen molar-refractivity contribution in [2.75, 3.05) is 6.26 Å². The predicted octanol–water partition coefficient (Wildman–Crippen LogP) is 1.55. The van der Waals surface area contributed by atoms with Crippen LogP contribution in [0.4, 0.5) is 0 Å². The van der Waals surface area contributed by atoms with Gasteiger partial charge in [0.1, 0.15) is 5.75 Å². The van der Waals surface area contributed by atoms with Crippen LogP contribution in [0.1, 0.15) is 34.7 Å². The second-order valence-electron chi connectivity index (χ2n) is 4.73. The first-order chi connectivity index (χ1) is 7.79. The Hall–Kier alpha value is -1.07. The molecule has 0 heterocycles. The number of hydrogen-bond donors (Lipinski definition) is 2. The Morgan fingerprint density at radius 1 is 1.35 bits per heavy atom. The molecule has 0 bridgehead atoms. The molecule has 1 aromatic carbocycles. The SMILES string of the molecule is Cc1cc(C)c2c(c1O)C(NS(C)(=O)=O)CC2. The number of aryl methyl sites for hydroxylation is 2. The summed E-state index contributed by atoms with van der Waals surface area (Å²) in [5.41, 5.74) is 3.75. The molecule has 0 aromatic heterocycles. The lowest BCUT2D eigenvalue weighted by molar-refractivity contribution is 0.455. The minimum atomic E-state index is -3.25. The third kappa shape index (κ3) is 2.30. The van der Waals surface area contributed by atoms with Crippen LogP contribution in [0.3, 0.4) is 0 Å². The molecule has 1 aliphatic rings. The van der Waals surface area contributed by atoms with Crippen molar-refractivity contribution < 1.29 is 13.5 Å². The highest BCUT2D eigenvalue weighted by atomic mass is 32.2. The van der Waals surface area contributed by atoms with Crippen LogP contribution in [0.25, 0.3) is 0 Å². The van der Waals surface area contributed by atoms with Crippen LogP contribution in [-0.4, -0.2) is 19.8 Å². The molecule has 94 valence electrons. The van der Waals surface area contributed by atoms with Gasteiger partial charge in [-0.05, 0) is 43.4 Å². The normalized spacial score (nSPS) is 19.4. The van der Waals surface area contributed by atoms with E-state index in [9.17, 15) is 13.5 Å². The van der Waals surface area contributed by atoms with Crippen LogP contribution in [0, 0.1) is 13.8 Å². The van der Waals surface area contributed by atoms with Crippen LogP contribution in [0.15, 0.2) is 6.07 Å². The number of aromatic hydroxyl groups is 1. The van der Waals surface area contributed by atoms with E-state index in [-0.39, 0.29) is 11.8 Å². The maximum Gasteiger partial charge on any atom is 0.209 e. The van der Waals surface area contributed by atoms with Gasteiger partial charge in [0.2, 0.25) is 10.0 Å². The molecule has 0 saturated heterocycles. The zero-order valence-corrected chi connectivity index (χ0v) is 11.1. The number of hydrogen-bond acceptors (Lipinski definition) is 3. The first kappa shape index (κ1) is 12.4. The highest BCUT2D eigenvalue weighted by Gasteiger charge is 2.29. The fourth-order valence-corrected chi connectivity index (χ4v) is 3.32. The Kier molecular flexibility index (Phi) is 2.91. The van der Waals surface area contributed by atoms with E-state index in [1.807, 2.05) is 19.9 Å². The third-order valence-corrected chi connectivity index (χ3v) is 3.96. The quantitative estimate of drug-likeness (QED) is 0.842. The molecule has 2 N–H and O–H groups in total. The lowest BCUT2D eigenvalue weighted by atomic mass is 9.99. The summed E-state index contributed by atoms with van der Waals surface area (Å²) in [5, 5.41) is 10.1. The molecule has 0 fully saturated rings. The number of rotatable bonds is 2. The van der Waals surface area contributed by atoms with Gasteiger partial charge in [-0.1, -0.05) is 6.07 Å². The fourth-order valence-electron chi connectivity index (χ4n) is 2.56. The zero-order valence-electron chi connectivity index (χ0n) is 10.2. The number of nitrogens with one attached hydrogen (secondary N) is 1. The van der Waals surface area contributed by atoms with Crippen molar-refractivity contribution in [3.8, 4) is 5.75 Å². The van der Waals surface area contributed by atoms with E-state index in [0.29, 0.717) is 6.42 Å². The van der Waals surface area contributed by atoms with Crippen molar-refractivity contribution in [3.63, 3.8) is 0 Å². The molecule has 1 aliphatic carbocycles. The largest absolute Gasteiger partial charge is 0.507 e. The zero-order chi connectivity index (χ0) is 12.8. The van der Waals surface area contributed by atoms with Crippen molar-refractivity contribution in [3.05, 3.63) is 28.3 Å². The second-order valence-corrected chi connectivity index (χ2v) is 6.51. The van der Waals surface area contributed by atoms with Gasteiger partial charge in [-0.3, -0.25) is 0 Å². The van der Waals surface area contributed by atoms with Crippen LogP contribution < -0.4 is 4.72 Å². The van der Waals surface area contributed by atoms with Crippen molar-refractivity contribution in [1.82, 2.24) is 4.72 Å². The van der Waals surface area contributed by atoms with Crippen molar-refractivity contribution >= 4 is 10.0 Å². The summed E-state index contributed by atoms with van der Waals surface area (Å²) in [4.78, 5) is 0. The van der Waals surface area contributed by atoms with E-state index in [4.69, 9.17) is 0 Å². The lowest BCUT2D eigenvalue weighted by Gasteiger charge is -2.16. The average Bonchev–Trinajstić information content (AvgIpc) is 2.56.